The maximum Gasteiger partial charge on any atom is 0.271 e. The lowest BCUT2D eigenvalue weighted by atomic mass is 10.1. The lowest BCUT2D eigenvalue weighted by Gasteiger charge is -2.05. The van der Waals surface area contributed by atoms with Crippen LogP contribution in [0.5, 0.6) is 5.75 Å². The van der Waals surface area contributed by atoms with E-state index in [0.29, 0.717) is 17.0 Å². The smallest absolute Gasteiger partial charge is 0.271 e. The molecule has 5 heteroatoms. The van der Waals surface area contributed by atoms with E-state index in [0.717, 1.165) is 11.3 Å². The summed E-state index contributed by atoms with van der Waals surface area (Å²) < 4.78 is 0. The number of aromatic hydroxyl groups is 1. The molecule has 2 aromatic carbocycles. The predicted molar refractivity (Wildman–Crippen MR) is 83.9 cm³/mol. The third-order valence-electron chi connectivity index (χ3n) is 2.93. The van der Waals surface area contributed by atoms with Gasteiger partial charge in [-0.3, -0.25) is 4.79 Å². The number of carbonyl (C=O) groups excluding carboxylic acids is 1. The highest BCUT2D eigenvalue weighted by Gasteiger charge is 2.06. The molecule has 1 amide bonds. The summed E-state index contributed by atoms with van der Waals surface area (Å²) >= 11 is 5.85. The second kappa shape index (κ2) is 6.90. The predicted octanol–water partition coefficient (Wildman–Crippen LogP) is 3.59. The third-order valence-corrected chi connectivity index (χ3v) is 3.19. The van der Waals surface area contributed by atoms with E-state index in [4.69, 9.17) is 11.6 Å². The SMILES string of the molecule is CCC(=NNC(=O)c1ccc(O)cc1)c1ccc(Cl)cc1. The molecule has 0 saturated carbocycles. The minimum atomic E-state index is -0.324. The van der Waals surface area contributed by atoms with Crippen molar-refractivity contribution >= 4 is 23.2 Å². The molecule has 0 unspecified atom stereocenters. The van der Waals surface area contributed by atoms with Gasteiger partial charge in [-0.05, 0) is 48.4 Å². The Kier molecular flexibility index (Phi) is 4.95. The molecule has 0 aliphatic rings. The lowest BCUT2D eigenvalue weighted by molar-refractivity contribution is 0.0955. The Balaban J connectivity index is 2.12. The van der Waals surface area contributed by atoms with Crippen LogP contribution in [0.2, 0.25) is 5.02 Å². The van der Waals surface area contributed by atoms with Gasteiger partial charge in [0.25, 0.3) is 5.91 Å². The zero-order valence-electron chi connectivity index (χ0n) is 11.5. The number of rotatable bonds is 4. The first kappa shape index (κ1) is 15.1. The van der Waals surface area contributed by atoms with Crippen molar-refractivity contribution in [1.82, 2.24) is 5.43 Å². The Bertz CT molecular complexity index is 649. The van der Waals surface area contributed by atoms with E-state index in [-0.39, 0.29) is 11.7 Å². The lowest BCUT2D eigenvalue weighted by Crippen LogP contribution is -2.19. The van der Waals surface area contributed by atoms with Gasteiger partial charge in [-0.25, -0.2) is 5.43 Å². The molecule has 0 bridgehead atoms. The van der Waals surface area contributed by atoms with E-state index in [1.807, 2.05) is 19.1 Å². The normalized spacial score (nSPS) is 11.2. The molecule has 0 heterocycles. The van der Waals surface area contributed by atoms with E-state index in [1.165, 1.54) is 24.3 Å². The van der Waals surface area contributed by atoms with E-state index >= 15 is 0 Å². The molecule has 2 aromatic rings. The number of phenolic OH excluding ortho intramolecular Hbond substituents is 1. The van der Waals surface area contributed by atoms with Gasteiger partial charge in [0.2, 0.25) is 0 Å². The average molecular weight is 303 g/mol. The van der Waals surface area contributed by atoms with E-state index in [1.54, 1.807) is 12.1 Å². The Labute approximate surface area is 128 Å². The molecule has 108 valence electrons. The van der Waals surface area contributed by atoms with Crippen LogP contribution in [0.25, 0.3) is 0 Å². The van der Waals surface area contributed by atoms with Crippen LogP contribution in [0.15, 0.2) is 53.6 Å². The van der Waals surface area contributed by atoms with Crippen LogP contribution in [-0.2, 0) is 0 Å². The van der Waals surface area contributed by atoms with Crippen LogP contribution < -0.4 is 5.43 Å². The summed E-state index contributed by atoms with van der Waals surface area (Å²) in [7, 11) is 0. The van der Waals surface area contributed by atoms with E-state index in [2.05, 4.69) is 10.5 Å². The summed E-state index contributed by atoms with van der Waals surface area (Å²) in [6.07, 6.45) is 0.678. The van der Waals surface area contributed by atoms with Gasteiger partial charge >= 0.3 is 0 Å². The highest BCUT2D eigenvalue weighted by molar-refractivity contribution is 6.30. The molecule has 2 rings (SSSR count). The van der Waals surface area contributed by atoms with Crippen molar-refractivity contribution in [3.05, 3.63) is 64.7 Å². The Hall–Kier alpha value is -2.33. The minimum absolute atomic E-state index is 0.116. The first-order valence-electron chi connectivity index (χ1n) is 6.52. The quantitative estimate of drug-likeness (QED) is 0.669. The Morgan fingerprint density at radius 1 is 1.10 bits per heavy atom. The number of hydrazone groups is 1. The van der Waals surface area contributed by atoms with E-state index in [9.17, 15) is 9.90 Å². The highest BCUT2D eigenvalue weighted by Crippen LogP contribution is 2.12. The third kappa shape index (κ3) is 4.07. The van der Waals surface area contributed by atoms with Crippen molar-refractivity contribution in [3.8, 4) is 5.75 Å². The zero-order valence-corrected chi connectivity index (χ0v) is 12.3. The first-order chi connectivity index (χ1) is 10.1. The van der Waals surface area contributed by atoms with Gasteiger partial charge in [0.1, 0.15) is 5.75 Å². The van der Waals surface area contributed by atoms with Crippen molar-refractivity contribution in [2.24, 2.45) is 5.10 Å². The number of phenols is 1. The molecular weight excluding hydrogens is 288 g/mol. The molecule has 0 saturated heterocycles. The number of hydrogen-bond acceptors (Lipinski definition) is 3. The molecule has 0 aliphatic heterocycles. The summed E-state index contributed by atoms with van der Waals surface area (Å²) in [6, 6.07) is 13.3. The van der Waals surface area contributed by atoms with Crippen molar-refractivity contribution in [1.29, 1.82) is 0 Å². The summed E-state index contributed by atoms with van der Waals surface area (Å²) in [5.74, 6) is -0.208. The summed E-state index contributed by atoms with van der Waals surface area (Å²) in [5, 5.41) is 14.0. The maximum atomic E-state index is 11.9. The minimum Gasteiger partial charge on any atom is -0.508 e. The van der Waals surface area contributed by atoms with Crippen LogP contribution in [0.1, 0.15) is 29.3 Å². The summed E-state index contributed by atoms with van der Waals surface area (Å²) in [5.41, 5.74) is 4.62. The largest absolute Gasteiger partial charge is 0.508 e. The standard InChI is InChI=1S/C16H15ClN2O2/c1-2-15(11-3-7-13(17)8-4-11)18-19-16(21)12-5-9-14(20)10-6-12/h3-10,20H,2H2,1H3,(H,19,21). The monoisotopic (exact) mass is 302 g/mol. The van der Waals surface area contributed by atoms with Crippen LogP contribution in [0, 0.1) is 0 Å². The number of carbonyl (C=O) groups is 1. The maximum absolute atomic E-state index is 11.9. The van der Waals surface area contributed by atoms with E-state index < -0.39 is 0 Å². The number of benzene rings is 2. The van der Waals surface area contributed by atoms with Crippen molar-refractivity contribution in [3.63, 3.8) is 0 Å². The number of nitrogens with zero attached hydrogens (tertiary/aromatic N) is 1. The van der Waals surface area contributed by atoms with Crippen LogP contribution in [-0.4, -0.2) is 16.7 Å². The summed E-state index contributed by atoms with van der Waals surface area (Å²) in [4.78, 5) is 11.9. The number of amides is 1. The second-order valence-corrected chi connectivity index (χ2v) is 4.84. The van der Waals surface area contributed by atoms with Gasteiger partial charge in [-0.1, -0.05) is 30.7 Å². The van der Waals surface area contributed by atoms with Crippen LogP contribution in [0.4, 0.5) is 0 Å². The fourth-order valence-corrected chi connectivity index (χ4v) is 1.91. The van der Waals surface area contributed by atoms with Gasteiger partial charge in [0.15, 0.2) is 0 Å². The van der Waals surface area contributed by atoms with Gasteiger partial charge < -0.3 is 5.11 Å². The van der Waals surface area contributed by atoms with Gasteiger partial charge in [-0.15, -0.1) is 0 Å². The Morgan fingerprint density at radius 2 is 1.67 bits per heavy atom. The molecule has 21 heavy (non-hydrogen) atoms. The fourth-order valence-electron chi connectivity index (χ4n) is 1.79. The molecule has 0 spiro atoms. The molecular formula is C16H15ClN2O2. The number of hydrogen-bond donors (Lipinski definition) is 2. The van der Waals surface area contributed by atoms with Crippen molar-refractivity contribution < 1.29 is 9.90 Å². The average Bonchev–Trinajstić information content (AvgIpc) is 2.50. The fraction of sp³-hybridized carbons (Fsp3) is 0.125. The Morgan fingerprint density at radius 3 is 2.24 bits per heavy atom. The molecule has 0 aliphatic carbocycles. The molecule has 0 atom stereocenters. The van der Waals surface area contributed by atoms with Crippen LogP contribution >= 0.6 is 11.6 Å². The van der Waals surface area contributed by atoms with Gasteiger partial charge in [0, 0.05) is 10.6 Å². The number of nitrogens with one attached hydrogen (secondary N) is 1. The topological polar surface area (TPSA) is 61.7 Å². The zero-order chi connectivity index (χ0) is 15.2. The number of halogens is 1. The summed E-state index contributed by atoms with van der Waals surface area (Å²) in [6.45, 7) is 1.96. The second-order valence-electron chi connectivity index (χ2n) is 4.41. The molecule has 0 fully saturated rings. The van der Waals surface area contributed by atoms with Gasteiger partial charge in [0.05, 0.1) is 5.71 Å². The van der Waals surface area contributed by atoms with Crippen LogP contribution in [0.3, 0.4) is 0 Å². The molecule has 2 N–H and O–H groups in total. The highest BCUT2D eigenvalue weighted by atomic mass is 35.5. The van der Waals surface area contributed by atoms with Gasteiger partial charge in [-0.2, -0.15) is 5.10 Å². The van der Waals surface area contributed by atoms with Crippen molar-refractivity contribution in [2.45, 2.75) is 13.3 Å². The first-order valence-corrected chi connectivity index (χ1v) is 6.90. The van der Waals surface area contributed by atoms with Crippen molar-refractivity contribution in [2.75, 3.05) is 0 Å². The molecule has 0 aromatic heterocycles. The molecule has 4 nitrogen and oxygen atoms in total. The molecule has 0 radical (unpaired) electrons.